The number of carbonyl (C=O) groups excluding carboxylic acids is 1. The Kier molecular flexibility index (Phi) is 3.02. The van der Waals surface area contributed by atoms with Gasteiger partial charge in [-0.3, -0.25) is 4.79 Å². The Bertz CT molecular complexity index is 701. The third-order valence-corrected chi connectivity index (χ3v) is 4.12. The fourth-order valence-corrected chi connectivity index (χ4v) is 3.05. The number of hydrogen-bond donors (Lipinski definition) is 1. The van der Waals surface area contributed by atoms with E-state index >= 15 is 0 Å². The smallest absolute Gasteiger partial charge is 0.249 e. The van der Waals surface area contributed by atoms with Gasteiger partial charge in [-0.1, -0.05) is 0 Å². The van der Waals surface area contributed by atoms with Gasteiger partial charge < -0.3 is 10.6 Å². The number of nitrogens with two attached hydrogens (primary N) is 1. The molecule has 1 amide bonds. The first-order valence-corrected chi connectivity index (χ1v) is 6.82. The largest absolute Gasteiger partial charge is 0.316 e. The molecule has 1 unspecified atom stereocenters. The number of fused-ring (bicyclic) bond motifs is 1. The number of amides is 1. The van der Waals surface area contributed by atoms with Gasteiger partial charge in [0.2, 0.25) is 5.91 Å². The number of nitrogens with zero attached hydrogens (tertiary/aromatic N) is 2. The van der Waals surface area contributed by atoms with E-state index in [9.17, 15) is 13.6 Å². The van der Waals surface area contributed by atoms with Crippen molar-refractivity contribution in [3.63, 3.8) is 0 Å². The van der Waals surface area contributed by atoms with Gasteiger partial charge in [-0.25, -0.2) is 13.8 Å². The van der Waals surface area contributed by atoms with Gasteiger partial charge in [-0.05, 0) is 13.0 Å². The molecule has 20 heavy (non-hydrogen) atoms. The molecule has 1 aromatic heterocycles. The first-order chi connectivity index (χ1) is 9.47. The van der Waals surface area contributed by atoms with Gasteiger partial charge in [0.05, 0.1) is 12.2 Å². The summed E-state index contributed by atoms with van der Waals surface area (Å²) >= 11 is 1.39. The van der Waals surface area contributed by atoms with Crippen LogP contribution in [0.2, 0.25) is 0 Å². The topological polar surface area (TPSA) is 59.2 Å². The molecule has 0 saturated carbocycles. The molecule has 0 spiro atoms. The average Bonchev–Trinajstić information content (AvgIpc) is 2.87. The molecule has 0 radical (unpaired) electrons. The maximum Gasteiger partial charge on any atom is 0.249 e. The molecule has 0 bridgehead atoms. The fourth-order valence-electron chi connectivity index (χ4n) is 2.29. The molecule has 1 aliphatic heterocycles. The number of carbonyl (C=O) groups is 1. The molecule has 4 nitrogen and oxygen atoms in total. The number of halogens is 2. The van der Waals surface area contributed by atoms with E-state index in [0.29, 0.717) is 5.01 Å². The van der Waals surface area contributed by atoms with E-state index in [2.05, 4.69) is 4.98 Å². The monoisotopic (exact) mass is 295 g/mol. The molecule has 1 atom stereocenters. The van der Waals surface area contributed by atoms with Crippen LogP contribution in [0, 0.1) is 18.6 Å². The van der Waals surface area contributed by atoms with Gasteiger partial charge in [0.1, 0.15) is 22.7 Å². The van der Waals surface area contributed by atoms with Crippen molar-refractivity contribution in [1.82, 2.24) is 4.98 Å². The lowest BCUT2D eigenvalue weighted by Crippen LogP contribution is -2.31. The Morgan fingerprint density at radius 3 is 2.85 bits per heavy atom. The molecule has 3 rings (SSSR count). The third-order valence-electron chi connectivity index (χ3n) is 3.17. The Morgan fingerprint density at radius 1 is 1.45 bits per heavy atom. The van der Waals surface area contributed by atoms with Crippen LogP contribution in [0.5, 0.6) is 0 Å². The molecule has 2 N–H and O–H groups in total. The summed E-state index contributed by atoms with van der Waals surface area (Å²) in [7, 11) is 0. The molecular formula is C13H11F2N3OS. The normalized spacial score (nSPS) is 17.7. The van der Waals surface area contributed by atoms with E-state index in [1.165, 1.54) is 16.2 Å². The molecule has 2 heterocycles. The van der Waals surface area contributed by atoms with Crippen molar-refractivity contribution < 1.29 is 13.6 Å². The van der Waals surface area contributed by atoms with Crippen molar-refractivity contribution in [2.24, 2.45) is 5.73 Å². The number of hydrogen-bond acceptors (Lipinski definition) is 4. The third kappa shape index (κ3) is 1.99. The molecular weight excluding hydrogens is 284 g/mol. The minimum atomic E-state index is -1.09. The van der Waals surface area contributed by atoms with Crippen LogP contribution in [-0.2, 0) is 11.3 Å². The van der Waals surface area contributed by atoms with Gasteiger partial charge in [0, 0.05) is 22.7 Å². The van der Waals surface area contributed by atoms with Crippen LogP contribution in [0.3, 0.4) is 0 Å². The number of rotatable bonds is 2. The first-order valence-electron chi connectivity index (χ1n) is 5.94. The molecule has 7 heteroatoms. The lowest BCUT2D eigenvalue weighted by Gasteiger charge is -2.16. The van der Waals surface area contributed by atoms with Gasteiger partial charge >= 0.3 is 0 Å². The molecule has 0 fully saturated rings. The summed E-state index contributed by atoms with van der Waals surface area (Å²) in [6.07, 6.45) is 0. The summed E-state index contributed by atoms with van der Waals surface area (Å²) in [6, 6.07) is 0.777. The SMILES string of the molecule is Cc1csc(CN2C(=O)C(N)c3c(F)cc(F)cc32)n1. The molecule has 1 aliphatic rings. The standard InChI is InChI=1S/C13H11F2N3OS/c1-6-5-20-10(17-6)4-18-9-3-7(14)2-8(15)11(9)12(16)13(18)19/h2-3,5,12H,4,16H2,1H3. The second-order valence-electron chi connectivity index (χ2n) is 4.61. The molecule has 0 saturated heterocycles. The minimum Gasteiger partial charge on any atom is -0.316 e. The summed E-state index contributed by atoms with van der Waals surface area (Å²) in [6.45, 7) is 2.01. The van der Waals surface area contributed by atoms with Crippen LogP contribution in [-0.4, -0.2) is 10.9 Å². The number of benzene rings is 1. The summed E-state index contributed by atoms with van der Waals surface area (Å²) < 4.78 is 27.1. The van der Waals surface area contributed by atoms with E-state index in [-0.39, 0.29) is 17.8 Å². The number of aromatic nitrogens is 1. The Labute approximate surface area is 117 Å². The predicted octanol–water partition coefficient (Wildman–Crippen LogP) is 2.28. The van der Waals surface area contributed by atoms with Crippen LogP contribution in [0.15, 0.2) is 17.5 Å². The van der Waals surface area contributed by atoms with Gasteiger partial charge in [-0.2, -0.15) is 0 Å². The highest BCUT2D eigenvalue weighted by atomic mass is 32.1. The summed E-state index contributed by atoms with van der Waals surface area (Å²) in [5.74, 6) is -1.97. The summed E-state index contributed by atoms with van der Waals surface area (Å²) in [4.78, 5) is 17.7. The average molecular weight is 295 g/mol. The Morgan fingerprint density at radius 2 is 2.20 bits per heavy atom. The van der Waals surface area contributed by atoms with E-state index in [1.54, 1.807) is 0 Å². The maximum atomic E-state index is 13.8. The van der Waals surface area contributed by atoms with E-state index < -0.39 is 23.6 Å². The van der Waals surface area contributed by atoms with Crippen LogP contribution in [0.4, 0.5) is 14.5 Å². The van der Waals surface area contributed by atoms with Gasteiger partial charge in [-0.15, -0.1) is 11.3 Å². The van der Waals surface area contributed by atoms with Crippen molar-refractivity contribution in [3.8, 4) is 0 Å². The quantitative estimate of drug-likeness (QED) is 0.924. The Balaban J connectivity index is 2.03. The molecule has 0 aliphatic carbocycles. The van der Waals surface area contributed by atoms with Crippen LogP contribution in [0.1, 0.15) is 22.3 Å². The van der Waals surface area contributed by atoms with Crippen molar-refractivity contribution in [2.45, 2.75) is 19.5 Å². The molecule has 2 aromatic rings. The second-order valence-corrected chi connectivity index (χ2v) is 5.55. The van der Waals surface area contributed by atoms with E-state index in [4.69, 9.17) is 5.73 Å². The van der Waals surface area contributed by atoms with Gasteiger partial charge in [0.25, 0.3) is 0 Å². The highest BCUT2D eigenvalue weighted by Crippen LogP contribution is 2.38. The van der Waals surface area contributed by atoms with Gasteiger partial charge in [0.15, 0.2) is 0 Å². The minimum absolute atomic E-state index is 0.0460. The summed E-state index contributed by atoms with van der Waals surface area (Å²) in [5.41, 5.74) is 6.79. The highest BCUT2D eigenvalue weighted by Gasteiger charge is 2.38. The van der Waals surface area contributed by atoms with Crippen LogP contribution in [0.25, 0.3) is 0 Å². The predicted molar refractivity (Wildman–Crippen MR) is 71.3 cm³/mol. The van der Waals surface area contributed by atoms with Crippen molar-refractivity contribution >= 4 is 22.9 Å². The zero-order chi connectivity index (χ0) is 14.4. The van der Waals surface area contributed by atoms with E-state index in [0.717, 1.165) is 17.8 Å². The van der Waals surface area contributed by atoms with E-state index in [1.807, 2.05) is 12.3 Å². The lowest BCUT2D eigenvalue weighted by atomic mass is 10.1. The van der Waals surface area contributed by atoms with Crippen LogP contribution >= 0.6 is 11.3 Å². The fraction of sp³-hybridized carbons (Fsp3) is 0.231. The molecule has 1 aromatic carbocycles. The zero-order valence-electron chi connectivity index (χ0n) is 10.6. The van der Waals surface area contributed by atoms with Crippen molar-refractivity contribution in [1.29, 1.82) is 0 Å². The maximum absolute atomic E-state index is 13.8. The van der Waals surface area contributed by atoms with Crippen molar-refractivity contribution in [2.75, 3.05) is 4.90 Å². The second kappa shape index (κ2) is 4.60. The number of aryl methyl sites for hydroxylation is 1. The zero-order valence-corrected chi connectivity index (χ0v) is 11.4. The highest BCUT2D eigenvalue weighted by molar-refractivity contribution is 7.09. The number of anilines is 1. The first kappa shape index (κ1) is 13.1. The lowest BCUT2D eigenvalue weighted by molar-refractivity contribution is -0.119. The Hall–Kier alpha value is -1.86. The summed E-state index contributed by atoms with van der Waals surface area (Å²) in [5, 5.41) is 2.55. The van der Waals surface area contributed by atoms with Crippen molar-refractivity contribution in [3.05, 3.63) is 45.4 Å². The van der Waals surface area contributed by atoms with Crippen LogP contribution < -0.4 is 10.6 Å². The molecule has 104 valence electrons. The number of thiazole rings is 1.